The molecule has 0 unspecified atom stereocenters. The van der Waals surface area contributed by atoms with Crippen LogP contribution in [0.4, 0.5) is 5.82 Å². The highest BCUT2D eigenvalue weighted by molar-refractivity contribution is 7.12. The Labute approximate surface area is 130 Å². The first-order valence-electron chi connectivity index (χ1n) is 6.51. The number of nitrogens with one attached hydrogen (secondary N) is 1. The maximum Gasteiger partial charge on any atom is 0.267 e. The SMILES string of the molecule is COc1ccc(-c2nonc2NC(=O)c2cccs2)c(C)c1. The van der Waals surface area contributed by atoms with E-state index in [2.05, 4.69) is 15.6 Å². The fourth-order valence-corrected chi connectivity index (χ4v) is 2.67. The van der Waals surface area contributed by atoms with Gasteiger partial charge in [-0.1, -0.05) is 6.07 Å². The molecule has 0 bridgehead atoms. The Balaban J connectivity index is 1.91. The highest BCUT2D eigenvalue weighted by atomic mass is 32.1. The van der Waals surface area contributed by atoms with E-state index >= 15 is 0 Å². The number of aryl methyl sites for hydroxylation is 1. The van der Waals surface area contributed by atoms with Gasteiger partial charge in [0.15, 0.2) is 5.69 Å². The second-order valence-corrected chi connectivity index (χ2v) is 5.52. The van der Waals surface area contributed by atoms with E-state index in [4.69, 9.17) is 9.37 Å². The lowest BCUT2D eigenvalue weighted by Gasteiger charge is -2.06. The van der Waals surface area contributed by atoms with E-state index in [0.717, 1.165) is 16.9 Å². The Bertz CT molecular complexity index is 796. The molecule has 7 heteroatoms. The molecule has 0 fully saturated rings. The molecule has 0 saturated carbocycles. The predicted molar refractivity (Wildman–Crippen MR) is 83.3 cm³/mol. The third kappa shape index (κ3) is 2.71. The lowest BCUT2D eigenvalue weighted by molar-refractivity contribution is 0.102. The molecule has 1 aromatic carbocycles. The van der Waals surface area contributed by atoms with Crippen molar-refractivity contribution in [1.29, 1.82) is 0 Å². The second kappa shape index (κ2) is 5.98. The predicted octanol–water partition coefficient (Wildman–Crippen LogP) is 3.37. The molecule has 0 saturated heterocycles. The number of ether oxygens (including phenoxy) is 1. The van der Waals surface area contributed by atoms with Crippen molar-refractivity contribution in [3.63, 3.8) is 0 Å². The molecule has 6 nitrogen and oxygen atoms in total. The molecule has 112 valence electrons. The van der Waals surface area contributed by atoms with Crippen LogP contribution in [-0.2, 0) is 0 Å². The van der Waals surface area contributed by atoms with Gasteiger partial charge in [-0.3, -0.25) is 4.79 Å². The first-order chi connectivity index (χ1) is 10.7. The van der Waals surface area contributed by atoms with Gasteiger partial charge in [0.2, 0.25) is 5.82 Å². The van der Waals surface area contributed by atoms with Gasteiger partial charge in [-0.15, -0.1) is 11.3 Å². The summed E-state index contributed by atoms with van der Waals surface area (Å²) in [5, 5.41) is 12.2. The zero-order valence-corrected chi connectivity index (χ0v) is 12.8. The van der Waals surface area contributed by atoms with Gasteiger partial charge >= 0.3 is 0 Å². The summed E-state index contributed by atoms with van der Waals surface area (Å²) in [6.07, 6.45) is 0. The number of rotatable bonds is 4. The van der Waals surface area contributed by atoms with Crippen molar-refractivity contribution in [2.45, 2.75) is 6.92 Å². The Morgan fingerprint density at radius 3 is 2.86 bits per heavy atom. The average Bonchev–Trinajstić information content (AvgIpc) is 3.18. The van der Waals surface area contributed by atoms with E-state index in [1.54, 1.807) is 13.2 Å². The third-order valence-corrected chi connectivity index (χ3v) is 4.02. The number of anilines is 1. The number of methoxy groups -OCH3 is 1. The van der Waals surface area contributed by atoms with Gasteiger partial charge in [-0.25, -0.2) is 4.63 Å². The van der Waals surface area contributed by atoms with Crippen LogP contribution in [0.5, 0.6) is 5.75 Å². The van der Waals surface area contributed by atoms with E-state index in [0.29, 0.717) is 16.4 Å². The van der Waals surface area contributed by atoms with Crippen LogP contribution in [0.1, 0.15) is 15.2 Å². The number of hydrogen-bond donors (Lipinski definition) is 1. The minimum Gasteiger partial charge on any atom is -0.497 e. The van der Waals surface area contributed by atoms with Crippen LogP contribution in [0.2, 0.25) is 0 Å². The Kier molecular flexibility index (Phi) is 3.88. The molecule has 1 amide bonds. The van der Waals surface area contributed by atoms with Crippen LogP contribution >= 0.6 is 11.3 Å². The minimum atomic E-state index is -0.238. The summed E-state index contributed by atoms with van der Waals surface area (Å²) in [5.41, 5.74) is 2.26. The van der Waals surface area contributed by atoms with Gasteiger partial charge < -0.3 is 10.1 Å². The number of nitrogens with zero attached hydrogens (tertiary/aromatic N) is 2. The Hall–Kier alpha value is -2.67. The standard InChI is InChI=1S/C15H13N3O3S/c1-9-8-10(20-2)5-6-11(9)13-14(18-21-17-13)16-15(19)12-4-3-7-22-12/h3-8H,1-2H3,(H,16,18,19). The van der Waals surface area contributed by atoms with Gasteiger partial charge in [-0.2, -0.15) is 0 Å². The van der Waals surface area contributed by atoms with Crippen molar-refractivity contribution in [3.05, 3.63) is 46.2 Å². The normalized spacial score (nSPS) is 10.5. The molecule has 0 aliphatic heterocycles. The number of carbonyl (C=O) groups is 1. The largest absolute Gasteiger partial charge is 0.497 e. The molecular weight excluding hydrogens is 302 g/mol. The first-order valence-corrected chi connectivity index (χ1v) is 7.39. The van der Waals surface area contributed by atoms with E-state index < -0.39 is 0 Å². The van der Waals surface area contributed by atoms with Crippen molar-refractivity contribution in [3.8, 4) is 17.0 Å². The summed E-state index contributed by atoms with van der Waals surface area (Å²) >= 11 is 1.36. The fraction of sp³-hybridized carbons (Fsp3) is 0.133. The third-order valence-electron chi connectivity index (χ3n) is 3.15. The lowest BCUT2D eigenvalue weighted by Crippen LogP contribution is -2.11. The van der Waals surface area contributed by atoms with Crippen molar-refractivity contribution >= 4 is 23.1 Å². The number of carbonyl (C=O) groups excluding carboxylic acids is 1. The van der Waals surface area contributed by atoms with Gasteiger partial charge in [0, 0.05) is 5.56 Å². The van der Waals surface area contributed by atoms with Crippen molar-refractivity contribution in [1.82, 2.24) is 10.3 Å². The lowest BCUT2D eigenvalue weighted by atomic mass is 10.1. The summed E-state index contributed by atoms with van der Waals surface area (Å²) in [5.74, 6) is 0.812. The van der Waals surface area contributed by atoms with Gasteiger partial charge in [0.1, 0.15) is 5.75 Å². The molecular formula is C15H13N3O3S. The van der Waals surface area contributed by atoms with Crippen LogP contribution in [0.3, 0.4) is 0 Å². The number of benzene rings is 1. The minimum absolute atomic E-state index is 0.238. The molecule has 2 aromatic heterocycles. The average molecular weight is 315 g/mol. The zero-order chi connectivity index (χ0) is 15.5. The molecule has 0 radical (unpaired) electrons. The monoisotopic (exact) mass is 315 g/mol. The molecule has 0 spiro atoms. The molecule has 0 atom stereocenters. The number of hydrogen-bond acceptors (Lipinski definition) is 6. The maximum absolute atomic E-state index is 12.1. The van der Waals surface area contributed by atoms with Gasteiger partial charge in [0.25, 0.3) is 5.91 Å². The van der Waals surface area contributed by atoms with E-state index in [1.807, 2.05) is 36.6 Å². The fourth-order valence-electron chi connectivity index (χ4n) is 2.05. The molecule has 22 heavy (non-hydrogen) atoms. The Morgan fingerprint density at radius 1 is 1.32 bits per heavy atom. The van der Waals surface area contributed by atoms with Crippen LogP contribution in [0.15, 0.2) is 40.3 Å². The van der Waals surface area contributed by atoms with E-state index in [9.17, 15) is 4.79 Å². The van der Waals surface area contributed by atoms with Crippen LogP contribution < -0.4 is 10.1 Å². The van der Waals surface area contributed by atoms with Crippen molar-refractivity contribution in [2.24, 2.45) is 0 Å². The maximum atomic E-state index is 12.1. The molecule has 1 N–H and O–H groups in total. The number of aromatic nitrogens is 2. The van der Waals surface area contributed by atoms with Gasteiger partial charge in [-0.05, 0) is 52.4 Å². The highest BCUT2D eigenvalue weighted by Crippen LogP contribution is 2.30. The molecule has 2 heterocycles. The Morgan fingerprint density at radius 2 is 2.18 bits per heavy atom. The molecule has 0 aliphatic carbocycles. The molecule has 0 aliphatic rings. The molecule has 3 aromatic rings. The first kappa shape index (κ1) is 14.3. The van der Waals surface area contributed by atoms with Crippen LogP contribution in [0.25, 0.3) is 11.3 Å². The topological polar surface area (TPSA) is 77.2 Å². The summed E-state index contributed by atoms with van der Waals surface area (Å²) in [4.78, 5) is 12.7. The van der Waals surface area contributed by atoms with E-state index in [-0.39, 0.29) is 5.91 Å². The molecule has 3 rings (SSSR count). The number of thiophene rings is 1. The smallest absolute Gasteiger partial charge is 0.267 e. The van der Waals surface area contributed by atoms with Crippen LogP contribution in [-0.4, -0.2) is 23.3 Å². The van der Waals surface area contributed by atoms with Crippen LogP contribution in [0, 0.1) is 6.92 Å². The van der Waals surface area contributed by atoms with Crippen molar-refractivity contribution in [2.75, 3.05) is 12.4 Å². The number of amides is 1. The summed E-state index contributed by atoms with van der Waals surface area (Å²) < 4.78 is 9.97. The van der Waals surface area contributed by atoms with Gasteiger partial charge in [0.05, 0.1) is 12.0 Å². The zero-order valence-electron chi connectivity index (χ0n) is 12.0. The summed E-state index contributed by atoms with van der Waals surface area (Å²) in [6.45, 7) is 1.93. The highest BCUT2D eigenvalue weighted by Gasteiger charge is 2.18. The van der Waals surface area contributed by atoms with Crippen molar-refractivity contribution < 1.29 is 14.2 Å². The van der Waals surface area contributed by atoms with E-state index in [1.165, 1.54) is 11.3 Å². The second-order valence-electron chi connectivity index (χ2n) is 4.57. The quantitative estimate of drug-likeness (QED) is 0.798. The summed E-state index contributed by atoms with van der Waals surface area (Å²) in [6, 6.07) is 9.12. The summed E-state index contributed by atoms with van der Waals surface area (Å²) in [7, 11) is 1.61.